The maximum atomic E-state index is 14.4. The molecule has 4 rings (SSSR count). The number of likely N-dealkylation sites (tertiary alicyclic amines) is 1. The minimum absolute atomic E-state index is 0.0260. The highest BCUT2D eigenvalue weighted by atomic mass is 19.4. The zero-order valence-corrected chi connectivity index (χ0v) is 19.4. The normalized spacial score (nSPS) is 22.4. The van der Waals surface area contributed by atoms with Crippen molar-refractivity contribution in [3.63, 3.8) is 0 Å². The van der Waals surface area contributed by atoms with Gasteiger partial charge in [-0.15, -0.1) is 0 Å². The Hall–Kier alpha value is -2.45. The summed E-state index contributed by atoms with van der Waals surface area (Å²) in [4.78, 5) is 14.7. The summed E-state index contributed by atoms with van der Waals surface area (Å²) >= 11 is 0. The third kappa shape index (κ3) is 4.11. The van der Waals surface area contributed by atoms with Gasteiger partial charge in [0.25, 0.3) is 11.5 Å². The number of carbonyl (C=O) groups is 1. The number of hydrogen-bond donors (Lipinski definition) is 1. The van der Waals surface area contributed by atoms with Crippen LogP contribution in [0.3, 0.4) is 0 Å². The average Bonchev–Trinajstić information content (AvgIpc) is 2.82. The Morgan fingerprint density at radius 2 is 1.76 bits per heavy atom. The number of alkyl halides is 3. The van der Waals surface area contributed by atoms with E-state index in [-0.39, 0.29) is 35.8 Å². The highest BCUT2D eigenvalue weighted by molar-refractivity contribution is 5.88. The molecule has 184 valence electrons. The van der Waals surface area contributed by atoms with Crippen molar-refractivity contribution in [2.45, 2.75) is 43.9 Å². The molecule has 2 aromatic carbocycles. The van der Waals surface area contributed by atoms with E-state index in [0.29, 0.717) is 19.4 Å². The molecule has 8 heteroatoms. The van der Waals surface area contributed by atoms with Gasteiger partial charge in [-0.05, 0) is 61.4 Å². The Balaban J connectivity index is 1.62. The molecule has 0 unspecified atom stereocenters. The van der Waals surface area contributed by atoms with E-state index < -0.39 is 17.7 Å². The Morgan fingerprint density at radius 1 is 1.09 bits per heavy atom. The fourth-order valence-corrected chi connectivity index (χ4v) is 5.78. The van der Waals surface area contributed by atoms with E-state index >= 15 is 0 Å². The second-order valence-electron chi connectivity index (χ2n) is 9.41. The van der Waals surface area contributed by atoms with Crippen molar-refractivity contribution >= 4 is 5.91 Å². The smallest absolute Gasteiger partial charge is 0.356 e. The second kappa shape index (κ2) is 9.30. The van der Waals surface area contributed by atoms with Gasteiger partial charge in [0, 0.05) is 38.2 Å². The lowest BCUT2D eigenvalue weighted by molar-refractivity contribution is -0.271. The monoisotopic (exact) mass is 478 g/mol. The van der Waals surface area contributed by atoms with E-state index in [2.05, 4.69) is 5.32 Å². The number of nitrogens with one attached hydrogen (secondary N) is 1. The van der Waals surface area contributed by atoms with Gasteiger partial charge in [-0.25, -0.2) is 4.39 Å². The first-order valence-electron chi connectivity index (χ1n) is 11.6. The second-order valence-corrected chi connectivity index (χ2v) is 9.41. The van der Waals surface area contributed by atoms with Crippen LogP contribution in [0, 0.1) is 18.2 Å². The minimum Gasteiger partial charge on any atom is -0.356 e. The van der Waals surface area contributed by atoms with E-state index in [1.165, 1.54) is 35.2 Å². The predicted molar refractivity (Wildman–Crippen MR) is 121 cm³/mol. The summed E-state index contributed by atoms with van der Waals surface area (Å²) in [5.74, 6) is -1.36. The number of methoxy groups -OCH3 is 1. The van der Waals surface area contributed by atoms with Gasteiger partial charge >= 0.3 is 6.18 Å². The van der Waals surface area contributed by atoms with Crippen molar-refractivity contribution in [2.75, 3.05) is 33.3 Å². The van der Waals surface area contributed by atoms with Gasteiger partial charge in [0.15, 0.2) is 0 Å². The molecule has 0 saturated carbocycles. The molecule has 34 heavy (non-hydrogen) atoms. The molecule has 2 aliphatic rings. The lowest BCUT2D eigenvalue weighted by atomic mass is 9.62. The topological polar surface area (TPSA) is 41.6 Å². The quantitative estimate of drug-likeness (QED) is 0.634. The van der Waals surface area contributed by atoms with Gasteiger partial charge in [0.1, 0.15) is 5.82 Å². The van der Waals surface area contributed by atoms with Crippen LogP contribution in [0.4, 0.5) is 17.6 Å². The minimum atomic E-state index is -4.93. The van der Waals surface area contributed by atoms with Crippen LogP contribution in [0.25, 0.3) is 0 Å². The molecule has 1 N–H and O–H groups in total. The van der Waals surface area contributed by atoms with Crippen LogP contribution in [-0.4, -0.2) is 50.3 Å². The van der Waals surface area contributed by atoms with E-state index in [1.807, 2.05) is 6.92 Å². The first-order valence-corrected chi connectivity index (χ1v) is 11.6. The molecule has 1 spiro atoms. The van der Waals surface area contributed by atoms with Gasteiger partial charge in [0.2, 0.25) is 0 Å². The molecular weight excluding hydrogens is 448 g/mol. The first-order chi connectivity index (χ1) is 16.1. The molecule has 0 bridgehead atoms. The Labute approximate surface area is 197 Å². The van der Waals surface area contributed by atoms with Crippen LogP contribution in [0.5, 0.6) is 0 Å². The lowest BCUT2D eigenvalue weighted by Crippen LogP contribution is -2.59. The Morgan fingerprint density at radius 3 is 2.38 bits per heavy atom. The number of piperidine rings is 2. The number of rotatable bonds is 4. The fourth-order valence-electron chi connectivity index (χ4n) is 5.78. The third-order valence-electron chi connectivity index (χ3n) is 7.74. The summed E-state index contributed by atoms with van der Waals surface area (Å²) in [5, 5.41) is 3.39. The number of ether oxygens (including phenoxy) is 1. The fraction of sp³-hybridized carbons (Fsp3) is 0.500. The standard InChI is InChI=1S/C26H30F4N2O2/c1-18-8-9-20(27)16-21(18)22-17-31-13-10-24(22)11-14-32(15-12-24)23(33)25(34-2,26(28,29)30)19-6-4-3-5-7-19/h3-9,16,22,31H,10-15,17H2,1-2H3/t22-,25+/m0/s1. The number of aryl methyl sites for hydroxylation is 1. The largest absolute Gasteiger partial charge is 0.430 e. The summed E-state index contributed by atoms with van der Waals surface area (Å²) < 4.78 is 62.2. The van der Waals surface area contributed by atoms with Crippen LogP contribution in [-0.2, 0) is 15.1 Å². The maximum absolute atomic E-state index is 14.4. The number of hydrogen-bond acceptors (Lipinski definition) is 3. The van der Waals surface area contributed by atoms with Crippen LogP contribution < -0.4 is 5.32 Å². The third-order valence-corrected chi connectivity index (χ3v) is 7.74. The molecule has 2 atom stereocenters. The van der Waals surface area contributed by atoms with Crippen molar-refractivity contribution in [3.05, 3.63) is 71.0 Å². The summed E-state index contributed by atoms with van der Waals surface area (Å²) in [6, 6.07) is 11.9. The molecule has 2 saturated heterocycles. The summed E-state index contributed by atoms with van der Waals surface area (Å²) in [7, 11) is 0.930. The highest BCUT2D eigenvalue weighted by Crippen LogP contribution is 2.50. The van der Waals surface area contributed by atoms with Crippen LogP contribution in [0.2, 0.25) is 0 Å². The molecule has 0 radical (unpaired) electrons. The van der Waals surface area contributed by atoms with Crippen LogP contribution in [0.15, 0.2) is 48.5 Å². The Bertz CT molecular complexity index is 1020. The first kappa shape index (κ1) is 24.7. The molecule has 2 fully saturated rings. The average molecular weight is 479 g/mol. The number of halogens is 4. The maximum Gasteiger partial charge on any atom is 0.430 e. The van der Waals surface area contributed by atoms with Gasteiger partial charge in [-0.1, -0.05) is 36.4 Å². The van der Waals surface area contributed by atoms with Gasteiger partial charge in [-0.3, -0.25) is 4.79 Å². The van der Waals surface area contributed by atoms with Crippen molar-refractivity contribution < 1.29 is 27.1 Å². The Kier molecular flexibility index (Phi) is 6.75. The molecule has 4 nitrogen and oxygen atoms in total. The summed E-state index contributed by atoms with van der Waals surface area (Å²) in [6.45, 7) is 3.79. The lowest BCUT2D eigenvalue weighted by Gasteiger charge is -2.51. The summed E-state index contributed by atoms with van der Waals surface area (Å²) in [5.41, 5.74) is -1.57. The molecule has 1 amide bonds. The van der Waals surface area contributed by atoms with E-state index in [4.69, 9.17) is 4.74 Å². The summed E-state index contributed by atoms with van der Waals surface area (Å²) in [6.07, 6.45) is -3.00. The SMILES string of the molecule is CO[C@@](C(=O)N1CCC2(CCNC[C@H]2c2cc(F)ccc2C)CC1)(c1ccccc1)C(F)(F)F. The van der Waals surface area contributed by atoms with Crippen LogP contribution in [0.1, 0.15) is 41.9 Å². The number of amides is 1. The molecule has 0 aliphatic carbocycles. The van der Waals surface area contributed by atoms with Gasteiger partial charge < -0.3 is 15.0 Å². The van der Waals surface area contributed by atoms with Crippen molar-refractivity contribution in [2.24, 2.45) is 5.41 Å². The zero-order valence-electron chi connectivity index (χ0n) is 19.4. The van der Waals surface area contributed by atoms with Crippen LogP contribution >= 0.6 is 0 Å². The van der Waals surface area contributed by atoms with E-state index in [0.717, 1.165) is 31.2 Å². The van der Waals surface area contributed by atoms with Crippen molar-refractivity contribution in [3.8, 4) is 0 Å². The molecular formula is C26H30F4N2O2. The van der Waals surface area contributed by atoms with Gasteiger partial charge in [-0.2, -0.15) is 13.2 Å². The molecule has 2 aromatic rings. The highest BCUT2D eigenvalue weighted by Gasteiger charge is 2.64. The predicted octanol–water partition coefficient (Wildman–Crippen LogP) is 4.92. The molecule has 2 heterocycles. The molecule has 0 aromatic heterocycles. The number of benzene rings is 2. The van der Waals surface area contributed by atoms with E-state index in [1.54, 1.807) is 18.2 Å². The molecule has 2 aliphatic heterocycles. The zero-order chi connectivity index (χ0) is 24.6. The van der Waals surface area contributed by atoms with Crippen molar-refractivity contribution in [1.29, 1.82) is 0 Å². The number of nitrogens with zero attached hydrogens (tertiary/aromatic N) is 1. The van der Waals surface area contributed by atoms with E-state index in [9.17, 15) is 22.4 Å². The number of carbonyl (C=O) groups excluding carboxylic acids is 1. The van der Waals surface area contributed by atoms with Crippen molar-refractivity contribution in [1.82, 2.24) is 10.2 Å². The van der Waals surface area contributed by atoms with Gasteiger partial charge in [0.05, 0.1) is 0 Å².